The molecule has 2 aromatic rings. The van der Waals surface area contributed by atoms with Crippen LogP contribution in [-0.4, -0.2) is 51.6 Å². The number of carbonyl (C=O) groups is 3. The minimum absolute atomic E-state index is 0.108. The second-order valence-electron chi connectivity index (χ2n) is 11.4. The molecule has 1 saturated carbocycles. The van der Waals surface area contributed by atoms with Gasteiger partial charge in [-0.3, -0.25) is 9.59 Å². The van der Waals surface area contributed by atoms with E-state index >= 15 is 0 Å². The van der Waals surface area contributed by atoms with Gasteiger partial charge in [-0.15, -0.1) is 0 Å². The zero-order valence-electron chi connectivity index (χ0n) is 23.5. The van der Waals surface area contributed by atoms with Crippen LogP contribution < -0.4 is 10.6 Å². The summed E-state index contributed by atoms with van der Waals surface area (Å²) in [5, 5.41) is 15.5. The first-order chi connectivity index (χ1) is 17.8. The van der Waals surface area contributed by atoms with Crippen molar-refractivity contribution in [1.29, 1.82) is 0 Å². The van der Waals surface area contributed by atoms with Crippen LogP contribution in [0.3, 0.4) is 0 Å². The van der Waals surface area contributed by atoms with Gasteiger partial charge in [0, 0.05) is 18.5 Å². The summed E-state index contributed by atoms with van der Waals surface area (Å²) in [7, 11) is 0. The number of aryl methyl sites for hydroxylation is 2. The van der Waals surface area contributed by atoms with E-state index in [0.717, 1.165) is 35.1 Å². The van der Waals surface area contributed by atoms with Crippen molar-refractivity contribution in [2.75, 3.05) is 0 Å². The van der Waals surface area contributed by atoms with E-state index in [1.165, 1.54) is 0 Å². The van der Waals surface area contributed by atoms with E-state index in [1.54, 1.807) is 49.9 Å². The van der Waals surface area contributed by atoms with Crippen LogP contribution >= 0.6 is 0 Å². The van der Waals surface area contributed by atoms with Crippen LogP contribution in [0.1, 0.15) is 75.8 Å². The molecule has 0 saturated heterocycles. The van der Waals surface area contributed by atoms with Gasteiger partial charge in [0.05, 0.1) is 0 Å². The highest BCUT2D eigenvalue weighted by molar-refractivity contribution is 5.93. The molecule has 8 nitrogen and oxygen atoms in total. The van der Waals surface area contributed by atoms with E-state index in [-0.39, 0.29) is 36.1 Å². The Hall–Kier alpha value is -3.55. The molecule has 1 fully saturated rings. The fourth-order valence-electron chi connectivity index (χ4n) is 4.59. The smallest absolute Gasteiger partial charge is 0.408 e. The third kappa shape index (κ3) is 7.73. The number of rotatable bonds is 9. The number of aromatic hydroxyl groups is 1. The molecule has 0 aromatic heterocycles. The number of hydrogen-bond acceptors (Lipinski definition) is 5. The summed E-state index contributed by atoms with van der Waals surface area (Å²) in [6.07, 6.45) is 1.02. The van der Waals surface area contributed by atoms with Gasteiger partial charge < -0.3 is 25.4 Å². The summed E-state index contributed by atoms with van der Waals surface area (Å²) >= 11 is 0. The van der Waals surface area contributed by atoms with Gasteiger partial charge in [-0.2, -0.15) is 0 Å². The number of ether oxygens (including phenoxy) is 1. The summed E-state index contributed by atoms with van der Waals surface area (Å²) in [4.78, 5) is 42.6. The maximum atomic E-state index is 14.4. The monoisotopic (exact) mass is 523 g/mol. The Morgan fingerprint density at radius 2 is 1.58 bits per heavy atom. The lowest BCUT2D eigenvalue weighted by molar-refractivity contribution is -0.143. The quantitative estimate of drug-likeness (QED) is 0.442. The highest BCUT2D eigenvalue weighted by Crippen LogP contribution is 2.38. The summed E-state index contributed by atoms with van der Waals surface area (Å²) < 4.78 is 5.47. The van der Waals surface area contributed by atoms with E-state index in [1.807, 2.05) is 45.9 Å². The molecule has 2 aromatic carbocycles. The maximum absolute atomic E-state index is 14.4. The first-order valence-electron chi connectivity index (χ1n) is 13.2. The first kappa shape index (κ1) is 29.0. The molecule has 0 bridgehead atoms. The number of benzene rings is 2. The van der Waals surface area contributed by atoms with Gasteiger partial charge in [-0.25, -0.2) is 4.79 Å². The van der Waals surface area contributed by atoms with Gasteiger partial charge in [0.2, 0.25) is 11.8 Å². The van der Waals surface area contributed by atoms with Gasteiger partial charge >= 0.3 is 6.09 Å². The van der Waals surface area contributed by atoms with Crippen molar-refractivity contribution < 1.29 is 24.2 Å². The van der Waals surface area contributed by atoms with Gasteiger partial charge in [-0.05, 0) is 95.7 Å². The van der Waals surface area contributed by atoms with Gasteiger partial charge in [-0.1, -0.05) is 30.3 Å². The van der Waals surface area contributed by atoms with Crippen LogP contribution in [0, 0.1) is 13.8 Å². The third-order valence-corrected chi connectivity index (χ3v) is 6.33. The van der Waals surface area contributed by atoms with Crippen molar-refractivity contribution in [3.8, 4) is 5.75 Å². The number of phenols is 1. The molecule has 8 heteroatoms. The number of nitrogens with zero attached hydrogens (tertiary/aromatic N) is 1. The minimum Gasteiger partial charge on any atom is -0.508 e. The van der Waals surface area contributed by atoms with Crippen LogP contribution in [0.15, 0.2) is 42.5 Å². The predicted octanol–water partition coefficient (Wildman–Crippen LogP) is 4.70. The van der Waals surface area contributed by atoms with Crippen molar-refractivity contribution in [2.24, 2.45) is 0 Å². The Morgan fingerprint density at radius 1 is 1.00 bits per heavy atom. The predicted molar refractivity (Wildman–Crippen MR) is 147 cm³/mol. The molecule has 2 atom stereocenters. The fourth-order valence-corrected chi connectivity index (χ4v) is 4.59. The second-order valence-corrected chi connectivity index (χ2v) is 11.4. The van der Waals surface area contributed by atoms with E-state index in [4.69, 9.17) is 4.74 Å². The highest BCUT2D eigenvalue weighted by atomic mass is 16.6. The SMILES string of the molecule is Cc1cccc(C)c1C(C(=O)NC(C)C)N(C(=O)C(Cc1ccc(O)cc1)NC(=O)OC(C)(C)C)C1CC1. The van der Waals surface area contributed by atoms with Crippen molar-refractivity contribution >= 4 is 17.9 Å². The average Bonchev–Trinajstić information content (AvgIpc) is 3.62. The Kier molecular flexibility index (Phi) is 9.07. The topological polar surface area (TPSA) is 108 Å². The Bertz CT molecular complexity index is 1130. The number of alkyl carbamates (subject to hydrolysis) is 1. The zero-order valence-corrected chi connectivity index (χ0v) is 23.5. The molecule has 0 aliphatic heterocycles. The zero-order chi connectivity index (χ0) is 28.2. The third-order valence-electron chi connectivity index (χ3n) is 6.33. The average molecular weight is 524 g/mol. The Morgan fingerprint density at radius 3 is 2.08 bits per heavy atom. The van der Waals surface area contributed by atoms with Crippen LogP contribution in [-0.2, 0) is 20.7 Å². The molecule has 1 aliphatic rings. The molecule has 2 unspecified atom stereocenters. The molecule has 206 valence electrons. The highest BCUT2D eigenvalue weighted by Gasteiger charge is 2.45. The largest absolute Gasteiger partial charge is 0.508 e. The molecule has 0 spiro atoms. The standard InChI is InChI=1S/C30H41N3O5/c1-18(2)31-27(35)26(25-19(3)9-8-10-20(25)4)33(22-13-14-22)28(36)24(32-29(37)38-30(5,6)7)17-21-11-15-23(34)16-12-21/h8-12,15-16,18,22,24,26,34H,13-14,17H2,1-7H3,(H,31,35)(H,32,37). The van der Waals surface area contributed by atoms with E-state index in [9.17, 15) is 19.5 Å². The lowest BCUT2D eigenvalue weighted by atomic mass is 9.93. The van der Waals surface area contributed by atoms with Crippen LogP contribution in [0.4, 0.5) is 4.79 Å². The normalized spacial score (nSPS) is 14.9. The first-order valence-corrected chi connectivity index (χ1v) is 13.2. The Labute approximate surface area is 225 Å². The lowest BCUT2D eigenvalue weighted by Gasteiger charge is -2.36. The number of hydrogen-bond donors (Lipinski definition) is 3. The summed E-state index contributed by atoms with van der Waals surface area (Å²) in [6.45, 7) is 12.9. The van der Waals surface area contributed by atoms with Crippen molar-refractivity contribution in [1.82, 2.24) is 15.5 Å². The molecule has 0 radical (unpaired) electrons. The molecule has 38 heavy (non-hydrogen) atoms. The molecule has 3 N–H and O–H groups in total. The Balaban J connectivity index is 2.05. The minimum atomic E-state index is -0.978. The van der Waals surface area contributed by atoms with Gasteiger partial charge in [0.25, 0.3) is 0 Å². The number of nitrogens with one attached hydrogen (secondary N) is 2. The second kappa shape index (κ2) is 11.9. The van der Waals surface area contributed by atoms with E-state index in [0.29, 0.717) is 0 Å². The van der Waals surface area contributed by atoms with Gasteiger partial charge in [0.15, 0.2) is 0 Å². The maximum Gasteiger partial charge on any atom is 0.408 e. The van der Waals surface area contributed by atoms with Crippen LogP contribution in [0.5, 0.6) is 5.75 Å². The molecule has 3 amide bonds. The number of phenolic OH excluding ortho intramolecular Hbond substituents is 1. The lowest BCUT2D eigenvalue weighted by Crippen LogP contribution is -2.55. The fraction of sp³-hybridized carbons (Fsp3) is 0.500. The molecule has 0 heterocycles. The van der Waals surface area contributed by atoms with Crippen LogP contribution in [0.2, 0.25) is 0 Å². The molecule has 3 rings (SSSR count). The molecular weight excluding hydrogens is 482 g/mol. The molecular formula is C30H41N3O5. The van der Waals surface area contributed by atoms with Crippen LogP contribution in [0.25, 0.3) is 0 Å². The van der Waals surface area contributed by atoms with Crippen molar-refractivity contribution in [3.63, 3.8) is 0 Å². The number of carbonyl (C=O) groups excluding carboxylic acids is 3. The van der Waals surface area contributed by atoms with Gasteiger partial charge in [0.1, 0.15) is 23.4 Å². The summed E-state index contributed by atoms with van der Waals surface area (Å²) in [6, 6.07) is 10.3. The molecule has 1 aliphatic carbocycles. The van der Waals surface area contributed by atoms with E-state index < -0.39 is 23.8 Å². The van der Waals surface area contributed by atoms with E-state index in [2.05, 4.69) is 10.6 Å². The summed E-state index contributed by atoms with van der Waals surface area (Å²) in [5.74, 6) is -0.493. The summed E-state index contributed by atoms with van der Waals surface area (Å²) in [5.41, 5.74) is 2.64. The van der Waals surface area contributed by atoms with Crippen molar-refractivity contribution in [3.05, 3.63) is 64.7 Å². The van der Waals surface area contributed by atoms with Crippen molar-refractivity contribution in [2.45, 2.75) is 97.5 Å². The number of amides is 3.